The normalized spacial score (nSPS) is 26.9. The number of rotatable bonds is 3. The summed E-state index contributed by atoms with van der Waals surface area (Å²) in [7, 11) is 0. The Hall–Kier alpha value is -1.53. The molecule has 2 saturated heterocycles. The maximum Gasteiger partial charge on any atom is 0.219 e. The number of halogens is 1. The quantitative estimate of drug-likeness (QED) is 0.915. The minimum absolute atomic E-state index is 0.00279. The summed E-state index contributed by atoms with van der Waals surface area (Å²) in [6.07, 6.45) is 4.38. The number of pyridine rings is 1. The molecule has 1 aromatic heterocycles. The van der Waals surface area contributed by atoms with Gasteiger partial charge in [0.2, 0.25) is 5.91 Å². The summed E-state index contributed by atoms with van der Waals surface area (Å²) >= 11 is 0. The molecule has 2 aliphatic heterocycles. The van der Waals surface area contributed by atoms with E-state index in [0.717, 1.165) is 32.4 Å². The lowest BCUT2D eigenvalue weighted by molar-refractivity contribution is -0.134. The molecular formula is C18H26FN3O2. The molecule has 1 atom stereocenters. The average molecular weight is 335 g/mol. The molecule has 0 saturated carbocycles. The first-order chi connectivity index (χ1) is 11.4. The number of aromatic nitrogens is 1. The van der Waals surface area contributed by atoms with Crippen molar-refractivity contribution in [1.82, 2.24) is 14.8 Å². The van der Waals surface area contributed by atoms with Crippen LogP contribution in [0.1, 0.15) is 38.8 Å². The maximum atomic E-state index is 13.8. The predicted molar refractivity (Wildman–Crippen MR) is 88.6 cm³/mol. The van der Waals surface area contributed by atoms with E-state index in [1.54, 1.807) is 19.2 Å². The van der Waals surface area contributed by atoms with Crippen molar-refractivity contribution in [1.29, 1.82) is 0 Å². The van der Waals surface area contributed by atoms with E-state index < -0.39 is 5.54 Å². The van der Waals surface area contributed by atoms with Crippen LogP contribution in [0.2, 0.25) is 0 Å². The van der Waals surface area contributed by atoms with Crippen LogP contribution < -0.4 is 0 Å². The van der Waals surface area contributed by atoms with E-state index in [2.05, 4.69) is 9.88 Å². The molecule has 1 N–H and O–H groups in total. The number of amides is 1. The lowest BCUT2D eigenvalue weighted by Crippen LogP contribution is -2.46. The van der Waals surface area contributed by atoms with Crippen LogP contribution in [-0.4, -0.2) is 57.6 Å². The van der Waals surface area contributed by atoms with Gasteiger partial charge in [-0.15, -0.1) is 0 Å². The molecule has 1 spiro atoms. The van der Waals surface area contributed by atoms with Gasteiger partial charge in [0.05, 0.1) is 17.8 Å². The fraction of sp³-hybridized carbons (Fsp3) is 0.667. The first-order valence-corrected chi connectivity index (χ1v) is 8.58. The van der Waals surface area contributed by atoms with Crippen LogP contribution in [0.15, 0.2) is 18.3 Å². The molecule has 0 bridgehead atoms. The fourth-order valence-corrected chi connectivity index (χ4v) is 4.39. The Morgan fingerprint density at radius 1 is 1.42 bits per heavy atom. The molecule has 1 aromatic rings. The van der Waals surface area contributed by atoms with Gasteiger partial charge in [-0.2, -0.15) is 0 Å². The zero-order valence-corrected chi connectivity index (χ0v) is 14.5. The van der Waals surface area contributed by atoms with Crippen molar-refractivity contribution in [3.63, 3.8) is 0 Å². The van der Waals surface area contributed by atoms with Crippen LogP contribution >= 0.6 is 0 Å². The molecular weight excluding hydrogens is 309 g/mol. The minimum Gasteiger partial charge on any atom is -0.394 e. The van der Waals surface area contributed by atoms with E-state index in [-0.39, 0.29) is 23.7 Å². The molecule has 24 heavy (non-hydrogen) atoms. The Labute approximate surface area is 142 Å². The Kier molecular flexibility index (Phi) is 4.62. The predicted octanol–water partition coefficient (Wildman–Crippen LogP) is 1.81. The summed E-state index contributed by atoms with van der Waals surface area (Å²) in [5, 5.41) is 9.78. The number of aliphatic hydroxyl groups excluding tert-OH is 1. The van der Waals surface area contributed by atoms with E-state index in [1.165, 1.54) is 6.07 Å². The van der Waals surface area contributed by atoms with Gasteiger partial charge in [-0.1, -0.05) is 0 Å². The highest BCUT2D eigenvalue weighted by molar-refractivity contribution is 5.74. The molecule has 1 amide bonds. The number of likely N-dealkylation sites (tertiary alicyclic amines) is 2. The Balaban J connectivity index is 1.65. The van der Waals surface area contributed by atoms with Crippen molar-refractivity contribution in [2.24, 2.45) is 5.41 Å². The van der Waals surface area contributed by atoms with Crippen LogP contribution in [-0.2, 0) is 11.3 Å². The van der Waals surface area contributed by atoms with Gasteiger partial charge in [-0.3, -0.25) is 14.7 Å². The molecule has 0 aliphatic carbocycles. The largest absolute Gasteiger partial charge is 0.394 e. The van der Waals surface area contributed by atoms with Crippen molar-refractivity contribution < 1.29 is 14.3 Å². The van der Waals surface area contributed by atoms with Crippen molar-refractivity contribution in [3.8, 4) is 0 Å². The molecule has 2 aliphatic rings. The van der Waals surface area contributed by atoms with Gasteiger partial charge in [0, 0.05) is 26.2 Å². The van der Waals surface area contributed by atoms with Crippen molar-refractivity contribution in [3.05, 3.63) is 29.8 Å². The molecule has 0 radical (unpaired) electrons. The Morgan fingerprint density at radius 3 is 2.67 bits per heavy atom. The second-order valence-electron chi connectivity index (χ2n) is 7.65. The van der Waals surface area contributed by atoms with Gasteiger partial charge < -0.3 is 10.0 Å². The average Bonchev–Trinajstić information content (AvgIpc) is 2.86. The number of hydrogen-bond donors (Lipinski definition) is 1. The minimum atomic E-state index is -0.457. The number of carbonyl (C=O) groups excluding carboxylic acids is 1. The fourth-order valence-electron chi connectivity index (χ4n) is 4.39. The molecule has 3 heterocycles. The molecule has 2 fully saturated rings. The number of aliphatic hydroxyl groups is 1. The number of hydrogen-bond acceptors (Lipinski definition) is 4. The highest BCUT2D eigenvalue weighted by Gasteiger charge is 2.52. The molecule has 6 heteroatoms. The van der Waals surface area contributed by atoms with Gasteiger partial charge in [-0.05, 0) is 56.8 Å². The van der Waals surface area contributed by atoms with E-state index in [9.17, 15) is 14.3 Å². The third-order valence-electron chi connectivity index (χ3n) is 5.75. The van der Waals surface area contributed by atoms with E-state index in [1.807, 2.05) is 11.8 Å². The topological polar surface area (TPSA) is 56.7 Å². The number of carbonyl (C=O) groups is 1. The summed E-state index contributed by atoms with van der Waals surface area (Å²) in [4.78, 5) is 20.1. The highest BCUT2D eigenvalue weighted by Crippen LogP contribution is 2.48. The standard InChI is InChI=1S/C18H26FN3O2/c1-14(24)22-12-18(11-17(22,2)13-23)5-8-21(9-6-18)10-16-15(19)4-3-7-20-16/h3-4,7,23H,5-6,8-13H2,1-2H3. The summed E-state index contributed by atoms with van der Waals surface area (Å²) in [5.74, 6) is -0.226. The second kappa shape index (κ2) is 6.41. The zero-order chi connectivity index (χ0) is 17.4. The van der Waals surface area contributed by atoms with E-state index >= 15 is 0 Å². The summed E-state index contributed by atoms with van der Waals surface area (Å²) in [6, 6.07) is 3.05. The van der Waals surface area contributed by atoms with Gasteiger partial charge >= 0.3 is 0 Å². The molecule has 3 rings (SSSR count). The number of piperidine rings is 1. The van der Waals surface area contributed by atoms with Crippen molar-refractivity contribution >= 4 is 5.91 Å². The first-order valence-electron chi connectivity index (χ1n) is 8.58. The van der Waals surface area contributed by atoms with E-state index in [0.29, 0.717) is 18.8 Å². The third-order valence-corrected chi connectivity index (χ3v) is 5.75. The molecule has 0 aromatic carbocycles. The summed E-state index contributed by atoms with van der Waals surface area (Å²) < 4.78 is 13.8. The second-order valence-corrected chi connectivity index (χ2v) is 7.65. The maximum absolute atomic E-state index is 13.8. The lowest BCUT2D eigenvalue weighted by atomic mass is 9.74. The Morgan fingerprint density at radius 2 is 2.12 bits per heavy atom. The molecule has 132 valence electrons. The van der Waals surface area contributed by atoms with Crippen LogP contribution in [0.3, 0.4) is 0 Å². The van der Waals surface area contributed by atoms with Crippen LogP contribution in [0.25, 0.3) is 0 Å². The SMILES string of the molecule is CC(=O)N1CC2(CCN(Cc3ncccc3F)CC2)CC1(C)CO. The van der Waals surface area contributed by atoms with Crippen LogP contribution in [0.4, 0.5) is 4.39 Å². The third kappa shape index (κ3) is 3.17. The zero-order valence-electron chi connectivity index (χ0n) is 14.5. The summed E-state index contributed by atoms with van der Waals surface area (Å²) in [5.41, 5.74) is 0.106. The van der Waals surface area contributed by atoms with Gasteiger partial charge in [0.1, 0.15) is 5.82 Å². The smallest absolute Gasteiger partial charge is 0.219 e. The van der Waals surface area contributed by atoms with Gasteiger partial charge in [-0.25, -0.2) is 4.39 Å². The van der Waals surface area contributed by atoms with Crippen LogP contribution in [0.5, 0.6) is 0 Å². The molecule has 5 nitrogen and oxygen atoms in total. The van der Waals surface area contributed by atoms with Gasteiger partial charge in [0.25, 0.3) is 0 Å². The monoisotopic (exact) mass is 335 g/mol. The van der Waals surface area contributed by atoms with Crippen molar-refractivity contribution in [2.75, 3.05) is 26.2 Å². The number of nitrogens with zero attached hydrogens (tertiary/aromatic N) is 3. The van der Waals surface area contributed by atoms with E-state index in [4.69, 9.17) is 0 Å². The first kappa shape index (κ1) is 17.3. The lowest BCUT2D eigenvalue weighted by Gasteiger charge is -2.39. The molecule has 1 unspecified atom stereocenters. The Bertz CT molecular complexity index is 616. The highest BCUT2D eigenvalue weighted by atomic mass is 19.1. The van der Waals surface area contributed by atoms with Gasteiger partial charge in [0.15, 0.2) is 0 Å². The van der Waals surface area contributed by atoms with Crippen LogP contribution in [0, 0.1) is 11.2 Å². The van der Waals surface area contributed by atoms with Crippen molar-refractivity contribution in [2.45, 2.75) is 45.2 Å². The summed E-state index contributed by atoms with van der Waals surface area (Å²) in [6.45, 7) is 6.51.